The van der Waals surface area contributed by atoms with Crippen molar-refractivity contribution in [2.75, 3.05) is 6.54 Å². The lowest BCUT2D eigenvalue weighted by atomic mass is 10.1. The highest BCUT2D eigenvalue weighted by Gasteiger charge is 2.19. The number of thiophene rings is 1. The molecule has 1 aliphatic heterocycles. The van der Waals surface area contributed by atoms with Crippen LogP contribution in [-0.4, -0.2) is 16.7 Å². The Balaban J connectivity index is 1.50. The van der Waals surface area contributed by atoms with Gasteiger partial charge in [-0.1, -0.05) is 24.1 Å². The topological polar surface area (TPSA) is 51.0 Å². The Morgan fingerprint density at radius 1 is 1.30 bits per heavy atom. The summed E-state index contributed by atoms with van der Waals surface area (Å²) >= 11 is 1.81. The highest BCUT2D eigenvalue weighted by Crippen LogP contribution is 2.20. The normalized spacial score (nSPS) is 19.9. The molecule has 2 aromatic rings. The molecule has 108 valence electrons. The monoisotopic (exact) mass is 291 g/mol. The molecule has 0 aliphatic carbocycles. The van der Waals surface area contributed by atoms with E-state index in [0.717, 1.165) is 43.9 Å². The molecule has 1 unspecified atom stereocenters. The highest BCUT2D eigenvalue weighted by molar-refractivity contribution is 7.09. The number of hydrogen-bond acceptors (Lipinski definition) is 5. The predicted molar refractivity (Wildman–Crippen MR) is 79.9 cm³/mol. The first kappa shape index (κ1) is 13.8. The Morgan fingerprint density at radius 3 is 3.20 bits per heavy atom. The van der Waals surface area contributed by atoms with Crippen LogP contribution >= 0.6 is 11.3 Å². The maximum atomic E-state index is 5.38. The molecule has 0 amide bonds. The summed E-state index contributed by atoms with van der Waals surface area (Å²) in [5.41, 5.74) is 0. The van der Waals surface area contributed by atoms with Crippen molar-refractivity contribution < 1.29 is 4.52 Å². The Morgan fingerprint density at radius 2 is 2.30 bits per heavy atom. The number of rotatable bonds is 5. The maximum absolute atomic E-state index is 5.38. The van der Waals surface area contributed by atoms with E-state index in [1.54, 1.807) is 0 Å². The van der Waals surface area contributed by atoms with Gasteiger partial charge in [-0.15, -0.1) is 11.3 Å². The molecule has 3 heterocycles. The van der Waals surface area contributed by atoms with Crippen molar-refractivity contribution in [1.82, 2.24) is 15.5 Å². The van der Waals surface area contributed by atoms with Crippen LogP contribution in [-0.2, 0) is 12.8 Å². The fourth-order valence-electron chi connectivity index (χ4n) is 2.63. The van der Waals surface area contributed by atoms with E-state index in [1.807, 2.05) is 11.3 Å². The van der Waals surface area contributed by atoms with E-state index in [1.165, 1.54) is 24.1 Å². The van der Waals surface area contributed by atoms with Crippen LogP contribution in [0.4, 0.5) is 0 Å². The second kappa shape index (κ2) is 6.99. The molecular weight excluding hydrogens is 270 g/mol. The molecule has 20 heavy (non-hydrogen) atoms. The SMILES string of the molecule is c1csc(CCCc2nc(C3CCCCCN3)no2)c1. The molecule has 5 heteroatoms. The molecule has 1 saturated heterocycles. The van der Waals surface area contributed by atoms with E-state index in [4.69, 9.17) is 4.52 Å². The largest absolute Gasteiger partial charge is 0.339 e. The van der Waals surface area contributed by atoms with E-state index in [-0.39, 0.29) is 6.04 Å². The molecule has 1 aliphatic rings. The molecule has 0 bridgehead atoms. The third kappa shape index (κ3) is 3.67. The molecule has 1 atom stereocenters. The zero-order valence-corrected chi connectivity index (χ0v) is 12.5. The van der Waals surface area contributed by atoms with Gasteiger partial charge in [0.1, 0.15) is 0 Å². The maximum Gasteiger partial charge on any atom is 0.226 e. The molecule has 0 radical (unpaired) electrons. The van der Waals surface area contributed by atoms with Crippen LogP contribution in [0.25, 0.3) is 0 Å². The molecule has 4 nitrogen and oxygen atoms in total. The molecule has 3 rings (SSSR count). The van der Waals surface area contributed by atoms with Crippen molar-refractivity contribution in [2.45, 2.75) is 51.0 Å². The quantitative estimate of drug-likeness (QED) is 0.916. The van der Waals surface area contributed by atoms with Gasteiger partial charge in [-0.05, 0) is 43.7 Å². The molecule has 2 aromatic heterocycles. The summed E-state index contributed by atoms with van der Waals surface area (Å²) in [6, 6.07) is 4.56. The van der Waals surface area contributed by atoms with Crippen molar-refractivity contribution in [2.24, 2.45) is 0 Å². The number of nitrogens with one attached hydrogen (secondary N) is 1. The molecule has 0 spiro atoms. The zero-order valence-electron chi connectivity index (χ0n) is 11.7. The standard InChI is InChI=1S/C15H21N3OS/c1-2-8-13(16-10-3-1)15-17-14(19-18-15)9-4-6-12-7-5-11-20-12/h5,7,11,13,16H,1-4,6,8-10H2. The predicted octanol–water partition coefficient (Wildman–Crippen LogP) is 3.51. The van der Waals surface area contributed by atoms with Gasteiger partial charge in [0.25, 0.3) is 0 Å². The second-order valence-corrected chi connectivity index (χ2v) is 6.37. The first-order valence-corrected chi connectivity index (χ1v) is 8.38. The highest BCUT2D eigenvalue weighted by atomic mass is 32.1. The minimum atomic E-state index is 0.285. The van der Waals surface area contributed by atoms with Crippen LogP contribution in [0.1, 0.15) is 54.7 Å². The first-order valence-electron chi connectivity index (χ1n) is 7.50. The summed E-state index contributed by atoms with van der Waals surface area (Å²) in [5, 5.41) is 9.78. The van der Waals surface area contributed by atoms with Crippen molar-refractivity contribution in [3.05, 3.63) is 34.1 Å². The number of nitrogens with zero attached hydrogens (tertiary/aromatic N) is 2. The zero-order chi connectivity index (χ0) is 13.6. The number of hydrogen-bond donors (Lipinski definition) is 1. The first-order chi connectivity index (χ1) is 9.92. The fraction of sp³-hybridized carbons (Fsp3) is 0.600. The summed E-state index contributed by atoms with van der Waals surface area (Å²) in [5.74, 6) is 1.63. The number of aromatic nitrogens is 2. The van der Waals surface area contributed by atoms with Gasteiger partial charge >= 0.3 is 0 Å². The van der Waals surface area contributed by atoms with Gasteiger partial charge in [0, 0.05) is 11.3 Å². The summed E-state index contributed by atoms with van der Waals surface area (Å²) in [6.07, 6.45) is 7.96. The van der Waals surface area contributed by atoms with Gasteiger partial charge in [0.15, 0.2) is 5.82 Å². The van der Waals surface area contributed by atoms with Gasteiger partial charge in [0.2, 0.25) is 5.89 Å². The summed E-state index contributed by atoms with van der Waals surface area (Å²) < 4.78 is 5.38. The number of aryl methyl sites for hydroxylation is 2. The van der Waals surface area contributed by atoms with Crippen LogP contribution in [0.3, 0.4) is 0 Å². The molecule has 1 fully saturated rings. The van der Waals surface area contributed by atoms with Crippen LogP contribution in [0.2, 0.25) is 0 Å². The Hall–Kier alpha value is -1.20. The Labute approximate surface area is 123 Å². The van der Waals surface area contributed by atoms with Crippen molar-refractivity contribution >= 4 is 11.3 Å². The average molecular weight is 291 g/mol. The van der Waals surface area contributed by atoms with Crippen LogP contribution in [0.5, 0.6) is 0 Å². The van der Waals surface area contributed by atoms with Gasteiger partial charge in [-0.3, -0.25) is 0 Å². The van der Waals surface area contributed by atoms with Crippen LogP contribution < -0.4 is 5.32 Å². The van der Waals surface area contributed by atoms with Crippen LogP contribution in [0.15, 0.2) is 22.0 Å². The smallest absolute Gasteiger partial charge is 0.226 e. The molecule has 0 aromatic carbocycles. The molecule has 0 saturated carbocycles. The third-order valence-electron chi connectivity index (χ3n) is 3.75. The third-order valence-corrected chi connectivity index (χ3v) is 4.69. The van der Waals surface area contributed by atoms with Crippen molar-refractivity contribution in [3.8, 4) is 0 Å². The lowest BCUT2D eigenvalue weighted by molar-refractivity contribution is 0.361. The van der Waals surface area contributed by atoms with Gasteiger partial charge in [-0.2, -0.15) is 4.98 Å². The summed E-state index contributed by atoms with van der Waals surface area (Å²) in [6.45, 7) is 1.06. The summed E-state index contributed by atoms with van der Waals surface area (Å²) in [7, 11) is 0. The minimum absolute atomic E-state index is 0.285. The van der Waals surface area contributed by atoms with E-state index >= 15 is 0 Å². The van der Waals surface area contributed by atoms with E-state index < -0.39 is 0 Å². The van der Waals surface area contributed by atoms with E-state index in [9.17, 15) is 0 Å². The lowest BCUT2D eigenvalue weighted by Crippen LogP contribution is -2.21. The Bertz CT molecular complexity index is 501. The molecular formula is C15H21N3OS. The van der Waals surface area contributed by atoms with E-state index in [0.29, 0.717) is 0 Å². The average Bonchev–Trinajstić information content (AvgIpc) is 3.06. The second-order valence-electron chi connectivity index (χ2n) is 5.34. The lowest BCUT2D eigenvalue weighted by Gasteiger charge is -2.09. The van der Waals surface area contributed by atoms with Crippen LogP contribution in [0, 0.1) is 0 Å². The molecule has 1 N–H and O–H groups in total. The van der Waals surface area contributed by atoms with Gasteiger partial charge in [0.05, 0.1) is 6.04 Å². The van der Waals surface area contributed by atoms with Crippen molar-refractivity contribution in [3.63, 3.8) is 0 Å². The summed E-state index contributed by atoms with van der Waals surface area (Å²) in [4.78, 5) is 5.98. The van der Waals surface area contributed by atoms with Crippen molar-refractivity contribution in [1.29, 1.82) is 0 Å². The van der Waals surface area contributed by atoms with Gasteiger partial charge < -0.3 is 9.84 Å². The van der Waals surface area contributed by atoms with Gasteiger partial charge in [-0.25, -0.2) is 0 Å². The fourth-order valence-corrected chi connectivity index (χ4v) is 3.38. The van der Waals surface area contributed by atoms with E-state index in [2.05, 4.69) is 33.0 Å². The minimum Gasteiger partial charge on any atom is -0.339 e. The Kier molecular flexibility index (Phi) is 4.82.